The van der Waals surface area contributed by atoms with E-state index >= 15 is 0 Å². The summed E-state index contributed by atoms with van der Waals surface area (Å²) in [6, 6.07) is 14.1. The number of fused-ring (bicyclic) bond motifs is 1. The van der Waals surface area contributed by atoms with Crippen LogP contribution in [0.4, 0.5) is 5.00 Å². The maximum absolute atomic E-state index is 5.18. The third-order valence-electron chi connectivity index (χ3n) is 2.27. The van der Waals surface area contributed by atoms with Gasteiger partial charge in [0.2, 0.25) is 0 Å². The van der Waals surface area contributed by atoms with Gasteiger partial charge in [0.25, 0.3) is 0 Å². The second-order valence-corrected chi connectivity index (χ2v) is 4.46. The van der Waals surface area contributed by atoms with Crippen LogP contribution in [-0.2, 0) is 0 Å². The van der Waals surface area contributed by atoms with Gasteiger partial charge in [-0.2, -0.15) is 0 Å². The molecule has 16 heavy (non-hydrogen) atoms. The highest BCUT2D eigenvalue weighted by molar-refractivity contribution is 7.22. The monoisotopic (exact) mass is 227 g/mol. The van der Waals surface area contributed by atoms with Crippen LogP contribution < -0.4 is 0 Å². The molecule has 0 aliphatic carbocycles. The van der Waals surface area contributed by atoms with E-state index in [9.17, 15) is 0 Å². The first-order valence-electron chi connectivity index (χ1n) is 4.98. The van der Waals surface area contributed by atoms with Crippen molar-refractivity contribution >= 4 is 32.6 Å². The summed E-state index contributed by atoms with van der Waals surface area (Å²) in [7, 11) is 0. The number of nitrogens with zero attached hydrogens (tertiary/aromatic N) is 1. The van der Waals surface area contributed by atoms with Crippen LogP contribution in [-0.4, -0.2) is 6.21 Å². The average Bonchev–Trinajstić information content (AvgIpc) is 2.95. The maximum Gasteiger partial charge on any atom is 0.144 e. The Kier molecular flexibility index (Phi) is 2.31. The molecule has 0 bridgehead atoms. The van der Waals surface area contributed by atoms with Crippen molar-refractivity contribution in [3.63, 3.8) is 0 Å². The minimum Gasteiger partial charge on any atom is -0.463 e. The van der Waals surface area contributed by atoms with E-state index in [0.717, 1.165) is 10.8 Å². The fourth-order valence-electron chi connectivity index (χ4n) is 1.52. The number of aliphatic imine (C=N–C) groups is 1. The lowest BCUT2D eigenvalue weighted by molar-refractivity contribution is 0.560. The number of rotatable bonds is 2. The molecule has 0 fully saturated rings. The smallest absolute Gasteiger partial charge is 0.144 e. The molecule has 0 amide bonds. The number of hydrogen-bond acceptors (Lipinski definition) is 3. The predicted octanol–water partition coefficient (Wildman–Crippen LogP) is 4.24. The lowest BCUT2D eigenvalue weighted by atomic mass is 10.3. The van der Waals surface area contributed by atoms with Gasteiger partial charge in [-0.05, 0) is 29.7 Å². The Morgan fingerprint density at radius 2 is 2.06 bits per heavy atom. The van der Waals surface area contributed by atoms with Gasteiger partial charge in [-0.25, -0.2) is 4.99 Å². The molecule has 0 saturated carbocycles. The van der Waals surface area contributed by atoms with E-state index in [1.54, 1.807) is 23.8 Å². The molecule has 78 valence electrons. The second kappa shape index (κ2) is 3.94. The summed E-state index contributed by atoms with van der Waals surface area (Å²) < 4.78 is 6.44. The van der Waals surface area contributed by atoms with Gasteiger partial charge in [0.15, 0.2) is 0 Å². The van der Waals surface area contributed by atoms with Crippen LogP contribution in [0.1, 0.15) is 5.76 Å². The lowest BCUT2D eigenvalue weighted by Crippen LogP contribution is -1.70. The molecule has 0 aliphatic rings. The Bertz CT molecular complexity index is 589. The molecule has 2 aromatic heterocycles. The molecule has 0 N–H and O–H groups in total. The van der Waals surface area contributed by atoms with Crippen molar-refractivity contribution in [2.75, 3.05) is 0 Å². The van der Waals surface area contributed by atoms with E-state index in [4.69, 9.17) is 4.42 Å². The van der Waals surface area contributed by atoms with Crippen molar-refractivity contribution in [2.24, 2.45) is 4.99 Å². The van der Waals surface area contributed by atoms with Crippen LogP contribution in [0.25, 0.3) is 10.1 Å². The quantitative estimate of drug-likeness (QED) is 0.601. The number of furan rings is 1. The van der Waals surface area contributed by atoms with Gasteiger partial charge >= 0.3 is 0 Å². The summed E-state index contributed by atoms with van der Waals surface area (Å²) in [5, 5.41) is 2.23. The molecular formula is C13H9NOS. The highest BCUT2D eigenvalue weighted by Gasteiger charge is 1.98. The predicted molar refractivity (Wildman–Crippen MR) is 67.8 cm³/mol. The topological polar surface area (TPSA) is 25.5 Å². The minimum absolute atomic E-state index is 0.775. The van der Waals surface area contributed by atoms with Crippen molar-refractivity contribution < 1.29 is 4.42 Å². The second-order valence-electron chi connectivity index (χ2n) is 3.40. The Morgan fingerprint density at radius 3 is 2.88 bits per heavy atom. The summed E-state index contributed by atoms with van der Waals surface area (Å²) in [6.07, 6.45) is 3.39. The van der Waals surface area contributed by atoms with Crippen molar-refractivity contribution in [1.82, 2.24) is 0 Å². The van der Waals surface area contributed by atoms with Crippen molar-refractivity contribution in [3.05, 3.63) is 54.5 Å². The van der Waals surface area contributed by atoms with Gasteiger partial charge in [-0.15, -0.1) is 11.3 Å². The minimum atomic E-state index is 0.775. The SMILES string of the molecule is C(=N\c1cc2ccccc2s1)/c1ccco1. The molecule has 0 radical (unpaired) electrons. The molecule has 1 aromatic carbocycles. The van der Waals surface area contributed by atoms with E-state index in [-0.39, 0.29) is 0 Å². The van der Waals surface area contributed by atoms with Gasteiger partial charge in [0, 0.05) is 4.70 Å². The standard InChI is InChI=1S/C13H9NOS/c1-2-6-12-10(4-1)8-13(16-12)14-9-11-5-3-7-15-11/h1-9H/b14-9+. The zero-order chi connectivity index (χ0) is 10.8. The average molecular weight is 227 g/mol. The Hall–Kier alpha value is -1.87. The van der Waals surface area contributed by atoms with Crippen LogP contribution in [0.15, 0.2) is 58.1 Å². The van der Waals surface area contributed by atoms with Crippen LogP contribution in [0.2, 0.25) is 0 Å². The van der Waals surface area contributed by atoms with Crippen LogP contribution in [0, 0.1) is 0 Å². The fourth-order valence-corrected chi connectivity index (χ4v) is 2.43. The number of benzene rings is 1. The zero-order valence-corrected chi connectivity index (χ0v) is 9.28. The number of thiophene rings is 1. The van der Waals surface area contributed by atoms with Gasteiger partial charge in [-0.3, -0.25) is 0 Å². The van der Waals surface area contributed by atoms with Crippen LogP contribution in [0.5, 0.6) is 0 Å². The molecule has 2 heterocycles. The van der Waals surface area contributed by atoms with E-state index in [1.165, 1.54) is 10.1 Å². The van der Waals surface area contributed by atoms with Crippen LogP contribution in [0.3, 0.4) is 0 Å². The first kappa shape index (κ1) is 9.36. The molecule has 3 heteroatoms. The molecule has 0 unspecified atom stereocenters. The lowest BCUT2D eigenvalue weighted by Gasteiger charge is -1.82. The fraction of sp³-hybridized carbons (Fsp3) is 0. The first-order chi connectivity index (χ1) is 7.92. The zero-order valence-electron chi connectivity index (χ0n) is 8.46. The van der Waals surface area contributed by atoms with E-state index in [0.29, 0.717) is 0 Å². The third kappa shape index (κ3) is 1.77. The molecule has 3 aromatic rings. The summed E-state index contributed by atoms with van der Waals surface area (Å²) >= 11 is 1.68. The molecule has 0 saturated heterocycles. The number of hydrogen-bond donors (Lipinski definition) is 0. The molecule has 0 spiro atoms. The summed E-state index contributed by atoms with van der Waals surface area (Å²) in [5.41, 5.74) is 0. The Morgan fingerprint density at radius 1 is 1.12 bits per heavy atom. The molecule has 0 aliphatic heterocycles. The van der Waals surface area contributed by atoms with Gasteiger partial charge < -0.3 is 4.42 Å². The van der Waals surface area contributed by atoms with Gasteiger partial charge in [-0.1, -0.05) is 18.2 Å². The van der Waals surface area contributed by atoms with E-state index in [1.807, 2.05) is 24.3 Å². The summed E-state index contributed by atoms with van der Waals surface area (Å²) in [6.45, 7) is 0. The normalized spacial score (nSPS) is 11.5. The molecule has 0 atom stereocenters. The van der Waals surface area contributed by atoms with Crippen LogP contribution >= 0.6 is 11.3 Å². The molecule has 3 rings (SSSR count). The van der Waals surface area contributed by atoms with Crippen molar-refractivity contribution in [3.8, 4) is 0 Å². The summed E-state index contributed by atoms with van der Waals surface area (Å²) in [4.78, 5) is 4.39. The third-order valence-corrected chi connectivity index (χ3v) is 3.30. The van der Waals surface area contributed by atoms with Gasteiger partial charge in [0.05, 0.1) is 12.5 Å². The Balaban J connectivity index is 1.95. The first-order valence-corrected chi connectivity index (χ1v) is 5.80. The largest absolute Gasteiger partial charge is 0.463 e. The van der Waals surface area contributed by atoms with E-state index < -0.39 is 0 Å². The van der Waals surface area contributed by atoms with Gasteiger partial charge in [0.1, 0.15) is 10.8 Å². The highest BCUT2D eigenvalue weighted by atomic mass is 32.1. The molecule has 2 nitrogen and oxygen atoms in total. The highest BCUT2D eigenvalue weighted by Crippen LogP contribution is 2.31. The van der Waals surface area contributed by atoms with Crippen molar-refractivity contribution in [1.29, 1.82) is 0 Å². The molecular weight excluding hydrogens is 218 g/mol. The maximum atomic E-state index is 5.18. The van der Waals surface area contributed by atoms with Crippen molar-refractivity contribution in [2.45, 2.75) is 0 Å². The summed E-state index contributed by atoms with van der Waals surface area (Å²) in [5.74, 6) is 0.775. The Labute approximate surface area is 96.9 Å². The van der Waals surface area contributed by atoms with E-state index in [2.05, 4.69) is 23.2 Å².